The first-order valence-electron chi connectivity index (χ1n) is 9.29. The topological polar surface area (TPSA) is 67.2 Å². The lowest BCUT2D eigenvalue weighted by molar-refractivity contribution is -0.134. The lowest BCUT2D eigenvalue weighted by Gasteiger charge is -2.11. The molecule has 2 rings (SSSR count). The first-order chi connectivity index (χ1) is 13.0. The van der Waals surface area contributed by atoms with Crippen molar-refractivity contribution < 1.29 is 14.3 Å². The molecule has 6 heteroatoms. The van der Waals surface area contributed by atoms with Crippen molar-refractivity contribution in [1.29, 1.82) is 5.26 Å². The van der Waals surface area contributed by atoms with Gasteiger partial charge in [-0.2, -0.15) is 5.26 Å². The van der Waals surface area contributed by atoms with Crippen LogP contribution in [0.15, 0.2) is 31.7 Å². The minimum absolute atomic E-state index is 0.110. The zero-order chi connectivity index (χ0) is 19.8. The summed E-state index contributed by atoms with van der Waals surface area (Å²) in [6, 6.07) is 5.61. The molecule has 0 amide bonds. The average Bonchev–Trinajstić information content (AvgIpc) is 3.09. The van der Waals surface area contributed by atoms with Gasteiger partial charge in [0, 0.05) is 11.3 Å². The van der Waals surface area contributed by atoms with E-state index in [-0.39, 0.29) is 11.5 Å². The molecule has 1 aromatic rings. The van der Waals surface area contributed by atoms with Crippen LogP contribution < -0.4 is 4.74 Å². The van der Waals surface area contributed by atoms with E-state index in [2.05, 4.69) is 13.8 Å². The smallest absolute Gasteiger partial charge is 0.311 e. The van der Waals surface area contributed by atoms with Gasteiger partial charge in [-0.25, -0.2) is 0 Å². The number of thioether (sulfide) groups is 2. The molecule has 0 aliphatic carbocycles. The number of esters is 1. The Labute approximate surface area is 169 Å². The number of benzene rings is 1. The molecule has 1 unspecified atom stereocenters. The van der Waals surface area contributed by atoms with Gasteiger partial charge < -0.3 is 4.74 Å². The molecule has 1 aliphatic rings. The standard InChI is InChI=1S/C21H25NO3S2/c1-4-5-7-14(2)8-6-9-18(24)25-17-11-10-15(3)19-20(17)27-21(26-19)16(12-22)13-23/h10-11,13-14H,4-9H2,1-3H3/b21-16-. The number of hydrogen-bond acceptors (Lipinski definition) is 6. The number of carbonyl (C=O) groups is 2. The number of nitriles is 1. The number of allylic oxidation sites excluding steroid dienone is 1. The molecule has 0 aromatic heterocycles. The molecule has 1 aliphatic heterocycles. The zero-order valence-electron chi connectivity index (χ0n) is 16.0. The first kappa shape index (κ1) is 21.6. The van der Waals surface area contributed by atoms with E-state index in [1.54, 1.807) is 6.07 Å². The highest BCUT2D eigenvalue weighted by molar-refractivity contribution is 8.24. The third-order valence-corrected chi connectivity index (χ3v) is 7.25. The zero-order valence-corrected chi connectivity index (χ0v) is 17.7. The van der Waals surface area contributed by atoms with Gasteiger partial charge in [0.25, 0.3) is 0 Å². The number of unbranched alkanes of at least 4 members (excludes halogenated alkanes) is 1. The molecule has 4 nitrogen and oxygen atoms in total. The molecular weight excluding hydrogens is 378 g/mol. The lowest BCUT2D eigenvalue weighted by Crippen LogP contribution is -2.09. The molecule has 0 fully saturated rings. The number of carbonyl (C=O) groups excluding carboxylic acids is 2. The van der Waals surface area contributed by atoms with Gasteiger partial charge in [0.2, 0.25) is 0 Å². The van der Waals surface area contributed by atoms with E-state index in [0.717, 1.165) is 28.2 Å². The van der Waals surface area contributed by atoms with Crippen molar-refractivity contribution in [3.8, 4) is 11.8 Å². The number of fused-ring (bicyclic) bond motifs is 1. The maximum absolute atomic E-state index is 12.3. The van der Waals surface area contributed by atoms with Crippen molar-refractivity contribution in [1.82, 2.24) is 0 Å². The second-order valence-corrected chi connectivity index (χ2v) is 9.09. The Morgan fingerprint density at radius 1 is 1.26 bits per heavy atom. The SMILES string of the molecule is CCCCC(C)CCCC(=O)Oc1ccc(C)c2c1S/C(=C(/C#N)C=O)S2. The van der Waals surface area contributed by atoms with E-state index in [4.69, 9.17) is 10.00 Å². The predicted molar refractivity (Wildman–Crippen MR) is 110 cm³/mol. The largest absolute Gasteiger partial charge is 0.425 e. The van der Waals surface area contributed by atoms with E-state index < -0.39 is 0 Å². The Bertz CT molecular complexity index is 780. The fourth-order valence-corrected chi connectivity index (χ4v) is 5.43. The van der Waals surface area contributed by atoms with E-state index in [1.807, 2.05) is 19.1 Å². The highest BCUT2D eigenvalue weighted by Gasteiger charge is 2.27. The Morgan fingerprint density at radius 3 is 2.63 bits per heavy atom. The van der Waals surface area contributed by atoms with Gasteiger partial charge in [-0.05, 0) is 30.9 Å². The summed E-state index contributed by atoms with van der Waals surface area (Å²) in [5.41, 5.74) is 1.14. The van der Waals surface area contributed by atoms with Crippen molar-refractivity contribution >= 4 is 35.8 Å². The summed E-state index contributed by atoms with van der Waals surface area (Å²) in [6.07, 6.45) is 6.47. The van der Waals surface area contributed by atoms with Crippen molar-refractivity contribution in [2.45, 2.75) is 69.1 Å². The van der Waals surface area contributed by atoms with Gasteiger partial charge in [-0.3, -0.25) is 9.59 Å². The van der Waals surface area contributed by atoms with Crippen molar-refractivity contribution in [3.63, 3.8) is 0 Å². The van der Waals surface area contributed by atoms with E-state index >= 15 is 0 Å². The van der Waals surface area contributed by atoms with E-state index in [0.29, 0.717) is 28.6 Å². The Kier molecular flexibility index (Phi) is 8.46. The third kappa shape index (κ3) is 5.88. The molecule has 0 N–H and O–H groups in total. The molecule has 27 heavy (non-hydrogen) atoms. The van der Waals surface area contributed by atoms with Gasteiger partial charge >= 0.3 is 5.97 Å². The van der Waals surface area contributed by atoms with Crippen LogP contribution in [0.3, 0.4) is 0 Å². The number of ether oxygens (including phenoxy) is 1. The van der Waals surface area contributed by atoms with Gasteiger partial charge in [-0.1, -0.05) is 69.1 Å². The third-order valence-electron chi connectivity index (χ3n) is 4.47. The van der Waals surface area contributed by atoms with Gasteiger partial charge in [-0.15, -0.1) is 0 Å². The van der Waals surface area contributed by atoms with Gasteiger partial charge in [0.05, 0.1) is 9.13 Å². The van der Waals surface area contributed by atoms with E-state index in [9.17, 15) is 9.59 Å². The number of aryl methyl sites for hydroxylation is 1. The highest BCUT2D eigenvalue weighted by atomic mass is 32.2. The van der Waals surface area contributed by atoms with Crippen LogP contribution in [0, 0.1) is 24.2 Å². The van der Waals surface area contributed by atoms with Crippen LogP contribution in [0.25, 0.3) is 0 Å². The molecule has 144 valence electrons. The van der Waals surface area contributed by atoms with Crippen molar-refractivity contribution in [3.05, 3.63) is 27.5 Å². The summed E-state index contributed by atoms with van der Waals surface area (Å²) < 4.78 is 6.24. The van der Waals surface area contributed by atoms with E-state index in [1.165, 1.54) is 42.8 Å². The second-order valence-electron chi connectivity index (χ2n) is 6.79. The Hall–Kier alpha value is -1.71. The summed E-state index contributed by atoms with van der Waals surface area (Å²) in [6.45, 7) is 6.39. The van der Waals surface area contributed by atoms with Crippen LogP contribution in [0.2, 0.25) is 0 Å². The van der Waals surface area contributed by atoms with Crippen LogP contribution in [0.4, 0.5) is 0 Å². The molecule has 1 aromatic carbocycles. The van der Waals surface area contributed by atoms with Gasteiger partial charge in [0.1, 0.15) is 17.4 Å². The molecule has 0 radical (unpaired) electrons. The minimum atomic E-state index is -0.234. The normalized spacial score (nSPS) is 15.6. The average molecular weight is 404 g/mol. The van der Waals surface area contributed by atoms with Gasteiger partial charge in [0.15, 0.2) is 6.29 Å². The molecule has 0 bridgehead atoms. The first-order valence-corrected chi connectivity index (χ1v) is 10.9. The summed E-state index contributed by atoms with van der Waals surface area (Å²) >= 11 is 2.71. The molecule has 1 heterocycles. The van der Waals surface area contributed by atoms with Crippen LogP contribution >= 0.6 is 23.5 Å². The fourth-order valence-electron chi connectivity index (χ4n) is 2.85. The fraction of sp³-hybridized carbons (Fsp3) is 0.476. The minimum Gasteiger partial charge on any atom is -0.425 e. The molecule has 0 saturated heterocycles. The summed E-state index contributed by atoms with van der Waals surface area (Å²) in [4.78, 5) is 25.1. The van der Waals surface area contributed by atoms with Crippen molar-refractivity contribution in [2.75, 3.05) is 0 Å². The highest BCUT2D eigenvalue weighted by Crippen LogP contribution is 2.56. The summed E-state index contributed by atoms with van der Waals surface area (Å²) in [5.74, 6) is 0.909. The molecular formula is C21H25NO3S2. The van der Waals surface area contributed by atoms with Crippen LogP contribution in [-0.4, -0.2) is 12.3 Å². The molecule has 1 atom stereocenters. The maximum Gasteiger partial charge on any atom is 0.311 e. The Balaban J connectivity index is 2.00. The van der Waals surface area contributed by atoms with Crippen LogP contribution in [0.1, 0.15) is 57.9 Å². The number of nitrogens with zero attached hydrogens (tertiary/aromatic N) is 1. The number of hydrogen-bond donors (Lipinski definition) is 0. The van der Waals surface area contributed by atoms with Crippen LogP contribution in [0.5, 0.6) is 5.75 Å². The molecule has 0 spiro atoms. The Morgan fingerprint density at radius 2 is 1.96 bits per heavy atom. The summed E-state index contributed by atoms with van der Waals surface area (Å²) in [7, 11) is 0. The predicted octanol–water partition coefficient (Wildman–Crippen LogP) is 6.03. The van der Waals surface area contributed by atoms with Crippen molar-refractivity contribution in [2.24, 2.45) is 5.92 Å². The number of aldehydes is 1. The lowest BCUT2D eigenvalue weighted by atomic mass is 9.98. The molecule has 0 saturated carbocycles. The number of rotatable bonds is 9. The van der Waals surface area contributed by atoms with Crippen LogP contribution in [-0.2, 0) is 9.59 Å². The second kappa shape index (κ2) is 10.6. The monoisotopic (exact) mass is 403 g/mol. The summed E-state index contributed by atoms with van der Waals surface area (Å²) in [5, 5.41) is 9.09. The quantitative estimate of drug-likeness (QED) is 0.165. The maximum atomic E-state index is 12.3.